The van der Waals surface area contributed by atoms with Crippen LogP contribution in [0.4, 0.5) is 5.69 Å². The van der Waals surface area contributed by atoms with Crippen molar-refractivity contribution >= 4 is 29.3 Å². The van der Waals surface area contributed by atoms with E-state index in [0.717, 1.165) is 11.3 Å². The van der Waals surface area contributed by atoms with Gasteiger partial charge in [-0.2, -0.15) is 5.10 Å². The summed E-state index contributed by atoms with van der Waals surface area (Å²) in [6.45, 7) is 1.71. The van der Waals surface area contributed by atoms with Gasteiger partial charge in [0.05, 0.1) is 6.26 Å². The molecule has 0 unspecified atom stereocenters. The van der Waals surface area contributed by atoms with E-state index in [1.165, 1.54) is 6.26 Å². The van der Waals surface area contributed by atoms with Crippen molar-refractivity contribution in [3.8, 4) is 0 Å². The maximum Gasteiger partial charge on any atom is 0.287 e. The number of hydrazone groups is 1. The van der Waals surface area contributed by atoms with Gasteiger partial charge in [-0.1, -0.05) is 30.3 Å². The van der Waals surface area contributed by atoms with Crippen LogP contribution in [0, 0.1) is 0 Å². The molecule has 0 saturated heterocycles. The lowest BCUT2D eigenvalue weighted by atomic mass is 10.1. The summed E-state index contributed by atoms with van der Waals surface area (Å²) in [6, 6.07) is 19.8. The van der Waals surface area contributed by atoms with Crippen LogP contribution in [0.1, 0.15) is 28.6 Å². The number of anilines is 1. The number of amides is 2. The molecule has 3 aromatic rings. The van der Waals surface area contributed by atoms with Crippen molar-refractivity contribution in [2.45, 2.75) is 6.92 Å². The van der Waals surface area contributed by atoms with Crippen molar-refractivity contribution in [1.29, 1.82) is 0 Å². The average molecular weight is 416 g/mol. The lowest BCUT2D eigenvalue weighted by Crippen LogP contribution is -2.33. The number of nitrogens with one attached hydrogen (secondary N) is 2. The van der Waals surface area contributed by atoms with Gasteiger partial charge in [-0.25, -0.2) is 5.43 Å². The third kappa shape index (κ3) is 5.93. The minimum absolute atomic E-state index is 0.0717. The molecule has 7 nitrogen and oxygen atoms in total. The van der Waals surface area contributed by atoms with Gasteiger partial charge in [0.25, 0.3) is 11.8 Å². The minimum atomic E-state index is -0.549. The smallest absolute Gasteiger partial charge is 0.287 e. The lowest BCUT2D eigenvalue weighted by molar-refractivity contribution is -0.117. The number of rotatable bonds is 7. The molecular formula is C24H24N4O3. The number of nitrogens with zero attached hydrogens (tertiary/aromatic N) is 2. The van der Waals surface area contributed by atoms with Crippen LogP contribution in [0.3, 0.4) is 0 Å². The standard InChI is InChI=1S/C24H24N4O3/c1-17(22-10-7-15-31-22)26-27-24(30)21(25-23(29)19-8-5-4-6-9-19)16-18-11-13-20(14-12-18)28(2)3/h4-16H,1-3H3,(H,25,29)(H,27,30)/b21-16-,26-17+. The molecule has 2 N–H and O–H groups in total. The Morgan fingerprint density at radius 1 is 0.968 bits per heavy atom. The van der Waals surface area contributed by atoms with Crippen LogP contribution in [0.15, 0.2) is 88.2 Å². The Hall–Kier alpha value is -4.13. The van der Waals surface area contributed by atoms with E-state index in [2.05, 4.69) is 15.8 Å². The van der Waals surface area contributed by atoms with E-state index in [1.807, 2.05) is 49.3 Å². The molecular weight excluding hydrogens is 392 g/mol. The zero-order chi connectivity index (χ0) is 22.2. The first-order valence-electron chi connectivity index (χ1n) is 9.68. The van der Waals surface area contributed by atoms with Crippen LogP contribution in [0.5, 0.6) is 0 Å². The van der Waals surface area contributed by atoms with Crippen LogP contribution >= 0.6 is 0 Å². The summed E-state index contributed by atoms with van der Waals surface area (Å²) in [5.74, 6) is -0.399. The Morgan fingerprint density at radius 3 is 2.29 bits per heavy atom. The molecule has 0 fully saturated rings. The maximum atomic E-state index is 12.8. The summed E-state index contributed by atoms with van der Waals surface area (Å²) >= 11 is 0. The second kappa shape index (κ2) is 10.1. The zero-order valence-electron chi connectivity index (χ0n) is 17.6. The monoisotopic (exact) mass is 416 g/mol. The Labute approximate surface area is 181 Å². The molecule has 0 radical (unpaired) electrons. The van der Waals surface area contributed by atoms with E-state index in [-0.39, 0.29) is 5.70 Å². The highest BCUT2D eigenvalue weighted by Gasteiger charge is 2.15. The molecule has 2 amide bonds. The summed E-state index contributed by atoms with van der Waals surface area (Å²) in [7, 11) is 3.90. The van der Waals surface area contributed by atoms with Gasteiger partial charge in [0.1, 0.15) is 17.2 Å². The predicted octanol–water partition coefficient (Wildman–Crippen LogP) is 3.66. The van der Waals surface area contributed by atoms with Crippen LogP contribution in [-0.2, 0) is 4.79 Å². The molecule has 0 saturated carbocycles. The fourth-order valence-corrected chi connectivity index (χ4v) is 2.71. The Balaban J connectivity index is 1.84. The highest BCUT2D eigenvalue weighted by Crippen LogP contribution is 2.14. The molecule has 31 heavy (non-hydrogen) atoms. The van der Waals surface area contributed by atoms with E-state index in [1.54, 1.807) is 49.4 Å². The number of benzene rings is 2. The van der Waals surface area contributed by atoms with Crippen molar-refractivity contribution in [3.63, 3.8) is 0 Å². The van der Waals surface area contributed by atoms with Gasteiger partial charge in [-0.05, 0) is 55.0 Å². The summed E-state index contributed by atoms with van der Waals surface area (Å²) in [6.07, 6.45) is 3.13. The second-order valence-corrected chi connectivity index (χ2v) is 6.98. The number of carbonyl (C=O) groups is 2. The summed E-state index contributed by atoms with van der Waals surface area (Å²) in [5.41, 5.74) is 5.28. The first-order valence-corrected chi connectivity index (χ1v) is 9.68. The topological polar surface area (TPSA) is 86.9 Å². The molecule has 2 aromatic carbocycles. The fraction of sp³-hybridized carbons (Fsp3) is 0.125. The normalized spacial score (nSPS) is 11.7. The lowest BCUT2D eigenvalue weighted by Gasteiger charge is -2.13. The van der Waals surface area contributed by atoms with Crippen molar-refractivity contribution in [2.75, 3.05) is 19.0 Å². The van der Waals surface area contributed by atoms with E-state index in [9.17, 15) is 9.59 Å². The molecule has 1 aromatic heterocycles. The summed E-state index contributed by atoms with van der Waals surface area (Å²) < 4.78 is 5.27. The van der Waals surface area contributed by atoms with Crippen molar-refractivity contribution in [3.05, 3.63) is 95.6 Å². The van der Waals surface area contributed by atoms with Crippen molar-refractivity contribution < 1.29 is 14.0 Å². The van der Waals surface area contributed by atoms with Crippen LogP contribution in [0.2, 0.25) is 0 Å². The van der Waals surface area contributed by atoms with E-state index >= 15 is 0 Å². The van der Waals surface area contributed by atoms with Gasteiger partial charge in [-0.15, -0.1) is 0 Å². The first-order chi connectivity index (χ1) is 14.9. The van der Waals surface area contributed by atoms with Gasteiger partial charge >= 0.3 is 0 Å². The van der Waals surface area contributed by atoms with E-state index in [4.69, 9.17) is 4.42 Å². The number of carbonyl (C=O) groups excluding carboxylic acids is 2. The van der Waals surface area contributed by atoms with Gasteiger partial charge in [-0.3, -0.25) is 9.59 Å². The molecule has 0 aliphatic carbocycles. The SMILES string of the molecule is C/C(=N\NC(=O)/C(=C/c1ccc(N(C)C)cc1)NC(=O)c1ccccc1)c1ccco1. The molecule has 0 spiro atoms. The van der Waals surface area contributed by atoms with Gasteiger partial charge in [0.15, 0.2) is 0 Å². The third-order valence-corrected chi connectivity index (χ3v) is 4.45. The maximum absolute atomic E-state index is 12.8. The molecule has 0 atom stereocenters. The number of hydrogen-bond donors (Lipinski definition) is 2. The molecule has 7 heteroatoms. The van der Waals surface area contributed by atoms with Gasteiger partial charge < -0.3 is 14.6 Å². The molecule has 3 rings (SSSR count). The first kappa shape index (κ1) is 21.6. The van der Waals surface area contributed by atoms with Crippen LogP contribution in [-0.4, -0.2) is 31.6 Å². The molecule has 0 aliphatic rings. The largest absolute Gasteiger partial charge is 0.463 e. The summed E-state index contributed by atoms with van der Waals surface area (Å²) in [4.78, 5) is 27.4. The highest BCUT2D eigenvalue weighted by molar-refractivity contribution is 6.06. The molecule has 158 valence electrons. The Bertz CT molecular complexity index is 1080. The van der Waals surface area contributed by atoms with Crippen molar-refractivity contribution in [2.24, 2.45) is 5.10 Å². The zero-order valence-corrected chi connectivity index (χ0v) is 17.6. The predicted molar refractivity (Wildman–Crippen MR) is 122 cm³/mol. The van der Waals surface area contributed by atoms with Crippen LogP contribution in [0.25, 0.3) is 6.08 Å². The van der Waals surface area contributed by atoms with Gasteiger partial charge in [0.2, 0.25) is 0 Å². The molecule has 1 heterocycles. The minimum Gasteiger partial charge on any atom is -0.463 e. The van der Waals surface area contributed by atoms with Crippen molar-refractivity contribution in [1.82, 2.24) is 10.7 Å². The Morgan fingerprint density at radius 2 is 1.68 bits per heavy atom. The highest BCUT2D eigenvalue weighted by atomic mass is 16.3. The van der Waals surface area contributed by atoms with Crippen LogP contribution < -0.4 is 15.6 Å². The van der Waals surface area contributed by atoms with E-state index < -0.39 is 11.8 Å². The second-order valence-electron chi connectivity index (χ2n) is 6.98. The average Bonchev–Trinajstić information content (AvgIpc) is 3.33. The number of hydrogen-bond acceptors (Lipinski definition) is 5. The third-order valence-electron chi connectivity index (χ3n) is 4.45. The number of furan rings is 1. The quantitative estimate of drug-likeness (QED) is 0.350. The molecule has 0 aliphatic heterocycles. The summed E-state index contributed by atoms with van der Waals surface area (Å²) in [5, 5.41) is 6.76. The van der Waals surface area contributed by atoms with Gasteiger partial charge in [0, 0.05) is 25.3 Å². The Kier molecular flexibility index (Phi) is 7.01. The fourth-order valence-electron chi connectivity index (χ4n) is 2.71. The van der Waals surface area contributed by atoms with E-state index in [0.29, 0.717) is 17.0 Å². The molecule has 0 bridgehead atoms.